The van der Waals surface area contributed by atoms with Crippen molar-refractivity contribution in [1.29, 1.82) is 0 Å². The fraction of sp³-hybridized carbons (Fsp3) is 0.938. The zero-order valence-corrected chi connectivity index (χ0v) is 13.8. The normalized spacial score (nSPS) is 17.3. The topological polar surface area (TPSA) is 32.8 Å². The predicted octanol–water partition coefficient (Wildman–Crippen LogP) is 2.53. The number of esters is 1. The maximum absolute atomic E-state index is 11.2. The SMILES string of the molecule is CCOC(=O)CCCCCN(C)CC1(N(C)C)CCC1. The highest BCUT2D eigenvalue weighted by Gasteiger charge is 2.39. The van der Waals surface area contributed by atoms with Crippen LogP contribution in [0.15, 0.2) is 0 Å². The summed E-state index contributed by atoms with van der Waals surface area (Å²) >= 11 is 0. The molecule has 1 aliphatic rings. The molecule has 0 aromatic carbocycles. The Balaban J connectivity index is 2.08. The molecule has 0 spiro atoms. The zero-order chi connectivity index (χ0) is 15.0. The van der Waals surface area contributed by atoms with Crippen LogP contribution in [0.2, 0.25) is 0 Å². The van der Waals surface area contributed by atoms with E-state index < -0.39 is 0 Å². The average molecular weight is 284 g/mol. The van der Waals surface area contributed by atoms with Gasteiger partial charge in [0.25, 0.3) is 0 Å². The molecule has 0 bridgehead atoms. The van der Waals surface area contributed by atoms with Gasteiger partial charge in [0.05, 0.1) is 6.61 Å². The maximum atomic E-state index is 11.2. The van der Waals surface area contributed by atoms with Crippen molar-refractivity contribution >= 4 is 5.97 Å². The van der Waals surface area contributed by atoms with E-state index >= 15 is 0 Å². The summed E-state index contributed by atoms with van der Waals surface area (Å²) in [4.78, 5) is 16.1. The Morgan fingerprint density at radius 1 is 1.15 bits per heavy atom. The second kappa shape index (κ2) is 8.63. The quantitative estimate of drug-likeness (QED) is 0.456. The first-order valence-corrected chi connectivity index (χ1v) is 8.02. The number of carbonyl (C=O) groups is 1. The molecular formula is C16H32N2O2. The maximum Gasteiger partial charge on any atom is 0.305 e. The third kappa shape index (κ3) is 5.41. The van der Waals surface area contributed by atoms with Crippen molar-refractivity contribution in [2.45, 2.75) is 57.4 Å². The molecule has 0 amide bonds. The van der Waals surface area contributed by atoms with Crippen LogP contribution in [0, 0.1) is 0 Å². The summed E-state index contributed by atoms with van der Waals surface area (Å²) in [6.07, 6.45) is 7.81. The minimum atomic E-state index is -0.0538. The van der Waals surface area contributed by atoms with Gasteiger partial charge in [-0.2, -0.15) is 0 Å². The van der Waals surface area contributed by atoms with Crippen molar-refractivity contribution in [2.75, 3.05) is 40.8 Å². The van der Waals surface area contributed by atoms with E-state index in [-0.39, 0.29) is 5.97 Å². The summed E-state index contributed by atoms with van der Waals surface area (Å²) in [5.41, 5.74) is 0.416. The Morgan fingerprint density at radius 2 is 1.85 bits per heavy atom. The molecule has 1 fully saturated rings. The fourth-order valence-corrected chi connectivity index (χ4v) is 2.97. The van der Waals surface area contributed by atoms with Crippen LogP contribution >= 0.6 is 0 Å². The number of hydrogen-bond acceptors (Lipinski definition) is 4. The van der Waals surface area contributed by atoms with Gasteiger partial charge in [0.15, 0.2) is 0 Å². The standard InChI is InChI=1S/C16H32N2O2/c1-5-20-15(19)10-7-6-8-13-18(4)14-16(17(2)3)11-9-12-16/h5-14H2,1-4H3. The second-order valence-electron chi connectivity index (χ2n) is 6.33. The molecule has 1 saturated carbocycles. The highest BCUT2D eigenvalue weighted by atomic mass is 16.5. The Bertz CT molecular complexity index is 288. The van der Waals surface area contributed by atoms with Gasteiger partial charge in [-0.1, -0.05) is 6.42 Å². The molecule has 0 radical (unpaired) electrons. The Hall–Kier alpha value is -0.610. The summed E-state index contributed by atoms with van der Waals surface area (Å²) in [7, 11) is 6.62. The first kappa shape index (κ1) is 17.4. The van der Waals surface area contributed by atoms with E-state index in [0.29, 0.717) is 18.6 Å². The van der Waals surface area contributed by atoms with E-state index in [2.05, 4.69) is 30.9 Å². The van der Waals surface area contributed by atoms with Crippen LogP contribution in [0.3, 0.4) is 0 Å². The fourth-order valence-electron chi connectivity index (χ4n) is 2.97. The summed E-state index contributed by atoms with van der Waals surface area (Å²) in [6.45, 7) is 4.64. The number of carbonyl (C=O) groups excluding carboxylic acids is 1. The Morgan fingerprint density at radius 3 is 2.35 bits per heavy atom. The van der Waals surface area contributed by atoms with Gasteiger partial charge in [0, 0.05) is 18.5 Å². The second-order valence-corrected chi connectivity index (χ2v) is 6.33. The molecule has 0 unspecified atom stereocenters. The largest absolute Gasteiger partial charge is 0.466 e. The van der Waals surface area contributed by atoms with Crippen LogP contribution in [0.4, 0.5) is 0 Å². The molecule has 4 heteroatoms. The number of likely N-dealkylation sites (N-methyl/N-ethyl adjacent to an activating group) is 2. The highest BCUT2D eigenvalue weighted by molar-refractivity contribution is 5.69. The van der Waals surface area contributed by atoms with Gasteiger partial charge >= 0.3 is 5.97 Å². The molecule has 4 nitrogen and oxygen atoms in total. The average Bonchev–Trinajstić information content (AvgIpc) is 2.33. The first-order valence-electron chi connectivity index (χ1n) is 8.02. The molecule has 0 atom stereocenters. The van der Waals surface area contributed by atoms with E-state index in [1.54, 1.807) is 0 Å². The molecule has 20 heavy (non-hydrogen) atoms. The Kier molecular flexibility index (Phi) is 7.52. The molecule has 0 saturated heterocycles. The van der Waals surface area contributed by atoms with Crippen LogP contribution in [-0.2, 0) is 9.53 Å². The van der Waals surface area contributed by atoms with E-state index in [4.69, 9.17) is 4.74 Å². The number of unbranched alkanes of at least 4 members (excludes halogenated alkanes) is 2. The summed E-state index contributed by atoms with van der Waals surface area (Å²) < 4.78 is 4.93. The van der Waals surface area contributed by atoms with Gasteiger partial charge in [-0.25, -0.2) is 0 Å². The van der Waals surface area contributed by atoms with E-state index in [9.17, 15) is 4.79 Å². The number of nitrogens with zero attached hydrogens (tertiary/aromatic N) is 2. The van der Waals surface area contributed by atoms with Crippen molar-refractivity contribution in [3.05, 3.63) is 0 Å². The lowest BCUT2D eigenvalue weighted by Crippen LogP contribution is -2.56. The molecule has 1 rings (SSSR count). The molecule has 0 aromatic heterocycles. The van der Waals surface area contributed by atoms with Gasteiger partial charge in [0.2, 0.25) is 0 Å². The van der Waals surface area contributed by atoms with Crippen LogP contribution in [-0.4, -0.2) is 62.1 Å². The lowest BCUT2D eigenvalue weighted by molar-refractivity contribution is -0.143. The molecule has 0 heterocycles. The minimum absolute atomic E-state index is 0.0538. The molecule has 1 aliphatic carbocycles. The summed E-state index contributed by atoms with van der Waals surface area (Å²) in [5, 5.41) is 0. The van der Waals surface area contributed by atoms with E-state index in [1.807, 2.05) is 6.92 Å². The number of hydrogen-bond donors (Lipinski definition) is 0. The lowest BCUT2D eigenvalue weighted by atomic mass is 9.75. The lowest BCUT2D eigenvalue weighted by Gasteiger charge is -2.49. The van der Waals surface area contributed by atoms with Crippen LogP contribution in [0.5, 0.6) is 0 Å². The minimum Gasteiger partial charge on any atom is -0.466 e. The van der Waals surface area contributed by atoms with Gasteiger partial charge < -0.3 is 14.5 Å². The third-order valence-electron chi connectivity index (χ3n) is 4.52. The van der Waals surface area contributed by atoms with Crippen LogP contribution in [0.25, 0.3) is 0 Å². The third-order valence-corrected chi connectivity index (χ3v) is 4.52. The van der Waals surface area contributed by atoms with Crippen molar-refractivity contribution in [3.63, 3.8) is 0 Å². The van der Waals surface area contributed by atoms with Gasteiger partial charge in [0.1, 0.15) is 0 Å². The molecular weight excluding hydrogens is 252 g/mol. The molecule has 0 aliphatic heterocycles. The zero-order valence-electron chi connectivity index (χ0n) is 13.8. The Labute approximate surface area is 124 Å². The van der Waals surface area contributed by atoms with E-state index in [0.717, 1.165) is 25.9 Å². The molecule has 118 valence electrons. The number of rotatable bonds is 10. The van der Waals surface area contributed by atoms with Gasteiger partial charge in [-0.15, -0.1) is 0 Å². The predicted molar refractivity (Wildman–Crippen MR) is 82.9 cm³/mol. The van der Waals surface area contributed by atoms with E-state index in [1.165, 1.54) is 25.7 Å². The molecule has 0 aromatic rings. The first-order chi connectivity index (χ1) is 9.50. The highest BCUT2D eigenvalue weighted by Crippen LogP contribution is 2.36. The summed E-state index contributed by atoms with van der Waals surface area (Å²) in [6, 6.07) is 0. The van der Waals surface area contributed by atoms with Crippen molar-refractivity contribution in [3.8, 4) is 0 Å². The van der Waals surface area contributed by atoms with Crippen molar-refractivity contribution < 1.29 is 9.53 Å². The van der Waals surface area contributed by atoms with Crippen LogP contribution in [0.1, 0.15) is 51.9 Å². The number of ether oxygens (including phenoxy) is 1. The van der Waals surface area contributed by atoms with Crippen molar-refractivity contribution in [2.24, 2.45) is 0 Å². The summed E-state index contributed by atoms with van der Waals surface area (Å²) in [5.74, 6) is -0.0538. The van der Waals surface area contributed by atoms with Gasteiger partial charge in [-0.05, 0) is 66.7 Å². The van der Waals surface area contributed by atoms with Gasteiger partial charge in [-0.3, -0.25) is 4.79 Å². The monoisotopic (exact) mass is 284 g/mol. The smallest absolute Gasteiger partial charge is 0.305 e. The molecule has 0 N–H and O–H groups in total. The van der Waals surface area contributed by atoms with Crippen molar-refractivity contribution in [1.82, 2.24) is 9.80 Å². The van der Waals surface area contributed by atoms with Crippen LogP contribution < -0.4 is 0 Å².